The Morgan fingerprint density at radius 3 is 2.36 bits per heavy atom. The number of hydrazine groups is 1. The number of likely N-dealkylation sites (N-methyl/N-ethyl adjacent to an activating group) is 1. The Morgan fingerprint density at radius 2 is 1.91 bits per heavy atom. The van der Waals surface area contributed by atoms with E-state index in [9.17, 15) is 0 Å². The molecular formula is C8H21N3. The number of rotatable bonds is 7. The average Bonchev–Trinajstić information content (AvgIpc) is 2.03. The molecule has 0 fully saturated rings. The molecule has 0 saturated heterocycles. The maximum absolute atomic E-state index is 3.29. The smallest absolute Gasteiger partial charge is 0.0256 e. The molecule has 0 radical (unpaired) electrons. The lowest BCUT2D eigenvalue weighted by molar-refractivity contribution is 0.209. The standard InChI is InChI=1S/C8H21N3/c1-4-7-11(9-3)8-6-10-5-2/h9-10H,4-8H2,1-3H3. The second-order valence-electron chi connectivity index (χ2n) is 2.56. The van der Waals surface area contributed by atoms with Crippen LogP contribution in [-0.2, 0) is 0 Å². The van der Waals surface area contributed by atoms with Crippen LogP contribution in [-0.4, -0.2) is 38.2 Å². The van der Waals surface area contributed by atoms with Crippen LogP contribution in [0.2, 0.25) is 0 Å². The lowest BCUT2D eigenvalue weighted by Gasteiger charge is -2.19. The Hall–Kier alpha value is -0.120. The second kappa shape index (κ2) is 7.98. The van der Waals surface area contributed by atoms with Crippen LogP contribution in [0.3, 0.4) is 0 Å². The van der Waals surface area contributed by atoms with E-state index in [1.165, 1.54) is 6.42 Å². The maximum atomic E-state index is 3.29. The lowest BCUT2D eigenvalue weighted by atomic mass is 10.4. The molecule has 0 aliphatic rings. The first-order valence-electron chi connectivity index (χ1n) is 4.48. The molecular weight excluding hydrogens is 138 g/mol. The molecule has 0 saturated carbocycles. The maximum Gasteiger partial charge on any atom is 0.0256 e. The normalized spacial score (nSPS) is 10.9. The van der Waals surface area contributed by atoms with Gasteiger partial charge in [0.05, 0.1) is 0 Å². The fraction of sp³-hybridized carbons (Fsp3) is 1.00. The van der Waals surface area contributed by atoms with Crippen LogP contribution in [0.4, 0.5) is 0 Å². The van der Waals surface area contributed by atoms with Gasteiger partial charge in [0.1, 0.15) is 0 Å². The van der Waals surface area contributed by atoms with E-state index < -0.39 is 0 Å². The van der Waals surface area contributed by atoms with Gasteiger partial charge in [0, 0.05) is 19.6 Å². The van der Waals surface area contributed by atoms with Gasteiger partial charge in [0.25, 0.3) is 0 Å². The minimum Gasteiger partial charge on any atom is -0.316 e. The molecule has 0 aromatic heterocycles. The van der Waals surface area contributed by atoms with Gasteiger partial charge < -0.3 is 5.32 Å². The highest BCUT2D eigenvalue weighted by molar-refractivity contribution is 4.51. The van der Waals surface area contributed by atoms with Crippen LogP contribution in [0.15, 0.2) is 0 Å². The van der Waals surface area contributed by atoms with Gasteiger partial charge >= 0.3 is 0 Å². The molecule has 0 aliphatic heterocycles. The predicted molar refractivity (Wildman–Crippen MR) is 49.5 cm³/mol. The van der Waals surface area contributed by atoms with Gasteiger partial charge in [0.15, 0.2) is 0 Å². The Bertz CT molecular complexity index is 75.7. The van der Waals surface area contributed by atoms with Gasteiger partial charge in [-0.1, -0.05) is 13.8 Å². The highest BCUT2D eigenvalue weighted by Crippen LogP contribution is 1.83. The van der Waals surface area contributed by atoms with Gasteiger partial charge in [-0.2, -0.15) is 0 Å². The molecule has 68 valence electrons. The monoisotopic (exact) mass is 159 g/mol. The summed E-state index contributed by atoms with van der Waals surface area (Å²) in [6.07, 6.45) is 1.20. The van der Waals surface area contributed by atoms with Crippen LogP contribution in [0.1, 0.15) is 20.3 Å². The van der Waals surface area contributed by atoms with Crippen molar-refractivity contribution in [3.63, 3.8) is 0 Å². The number of hydrogen-bond acceptors (Lipinski definition) is 3. The molecule has 0 aromatic rings. The molecule has 0 bridgehead atoms. The van der Waals surface area contributed by atoms with Crippen molar-refractivity contribution < 1.29 is 0 Å². The molecule has 3 heteroatoms. The summed E-state index contributed by atoms with van der Waals surface area (Å²) in [7, 11) is 1.97. The van der Waals surface area contributed by atoms with Gasteiger partial charge in [-0.05, 0) is 20.0 Å². The van der Waals surface area contributed by atoms with Gasteiger partial charge in [-0.15, -0.1) is 0 Å². The van der Waals surface area contributed by atoms with E-state index in [1.807, 2.05) is 7.05 Å². The van der Waals surface area contributed by atoms with E-state index in [-0.39, 0.29) is 0 Å². The van der Waals surface area contributed by atoms with E-state index in [4.69, 9.17) is 0 Å². The molecule has 0 spiro atoms. The summed E-state index contributed by atoms with van der Waals surface area (Å²) in [6, 6.07) is 0. The minimum absolute atomic E-state index is 1.06. The van der Waals surface area contributed by atoms with Crippen molar-refractivity contribution >= 4 is 0 Å². The molecule has 3 nitrogen and oxygen atoms in total. The van der Waals surface area contributed by atoms with Crippen LogP contribution in [0.25, 0.3) is 0 Å². The average molecular weight is 159 g/mol. The van der Waals surface area contributed by atoms with E-state index in [0.29, 0.717) is 0 Å². The van der Waals surface area contributed by atoms with Crippen LogP contribution in [0.5, 0.6) is 0 Å². The zero-order chi connectivity index (χ0) is 8.53. The number of nitrogens with one attached hydrogen (secondary N) is 2. The summed E-state index contributed by atoms with van der Waals surface area (Å²) in [6.45, 7) is 8.65. The van der Waals surface area contributed by atoms with Crippen molar-refractivity contribution in [3.05, 3.63) is 0 Å². The van der Waals surface area contributed by atoms with E-state index in [2.05, 4.69) is 29.6 Å². The van der Waals surface area contributed by atoms with Crippen molar-refractivity contribution in [1.29, 1.82) is 0 Å². The van der Waals surface area contributed by atoms with E-state index >= 15 is 0 Å². The summed E-state index contributed by atoms with van der Waals surface area (Å²) >= 11 is 0. The van der Waals surface area contributed by atoms with Gasteiger partial charge in [0.2, 0.25) is 0 Å². The first-order chi connectivity index (χ1) is 5.35. The van der Waals surface area contributed by atoms with Crippen molar-refractivity contribution in [2.75, 3.05) is 33.2 Å². The Labute approximate surface area is 70.1 Å². The molecule has 0 aliphatic carbocycles. The fourth-order valence-corrected chi connectivity index (χ4v) is 0.996. The SMILES string of the molecule is CCCN(CCNCC)NC. The molecule has 0 heterocycles. The highest BCUT2D eigenvalue weighted by atomic mass is 15.5. The Balaban J connectivity index is 3.20. The molecule has 0 atom stereocenters. The third-order valence-corrected chi connectivity index (χ3v) is 1.62. The molecule has 0 unspecified atom stereocenters. The van der Waals surface area contributed by atoms with Crippen LogP contribution >= 0.6 is 0 Å². The predicted octanol–water partition coefficient (Wildman–Crippen LogP) is 0.442. The third-order valence-electron chi connectivity index (χ3n) is 1.62. The molecule has 0 rings (SSSR count). The van der Waals surface area contributed by atoms with Crippen molar-refractivity contribution in [1.82, 2.24) is 15.8 Å². The summed E-state index contributed by atoms with van der Waals surface area (Å²) < 4.78 is 0. The topological polar surface area (TPSA) is 27.3 Å². The largest absolute Gasteiger partial charge is 0.316 e. The summed E-state index contributed by atoms with van der Waals surface area (Å²) in [4.78, 5) is 0. The van der Waals surface area contributed by atoms with Gasteiger partial charge in [-0.3, -0.25) is 5.43 Å². The van der Waals surface area contributed by atoms with E-state index in [0.717, 1.165) is 26.2 Å². The second-order valence-corrected chi connectivity index (χ2v) is 2.56. The van der Waals surface area contributed by atoms with Crippen molar-refractivity contribution in [2.24, 2.45) is 0 Å². The third kappa shape index (κ3) is 6.28. The quantitative estimate of drug-likeness (QED) is 0.417. The van der Waals surface area contributed by atoms with Crippen molar-refractivity contribution in [3.8, 4) is 0 Å². The Kier molecular flexibility index (Phi) is 7.89. The van der Waals surface area contributed by atoms with Gasteiger partial charge in [-0.25, -0.2) is 5.01 Å². The zero-order valence-electron chi connectivity index (χ0n) is 7.98. The molecule has 2 N–H and O–H groups in total. The number of hydrogen-bond donors (Lipinski definition) is 2. The van der Waals surface area contributed by atoms with Crippen molar-refractivity contribution in [2.45, 2.75) is 20.3 Å². The fourth-order valence-electron chi connectivity index (χ4n) is 0.996. The zero-order valence-corrected chi connectivity index (χ0v) is 7.98. The molecule has 11 heavy (non-hydrogen) atoms. The summed E-state index contributed by atoms with van der Waals surface area (Å²) in [5.41, 5.74) is 3.16. The molecule has 0 aromatic carbocycles. The molecule has 0 amide bonds. The lowest BCUT2D eigenvalue weighted by Crippen LogP contribution is -2.40. The highest BCUT2D eigenvalue weighted by Gasteiger charge is 1.97. The summed E-state index contributed by atoms with van der Waals surface area (Å²) in [5, 5.41) is 5.51. The first-order valence-corrected chi connectivity index (χ1v) is 4.48. The van der Waals surface area contributed by atoms with Crippen LogP contribution < -0.4 is 10.7 Å². The van der Waals surface area contributed by atoms with Crippen LogP contribution in [0, 0.1) is 0 Å². The van der Waals surface area contributed by atoms with E-state index in [1.54, 1.807) is 0 Å². The number of nitrogens with zero attached hydrogens (tertiary/aromatic N) is 1. The minimum atomic E-state index is 1.06. The Morgan fingerprint density at radius 1 is 1.18 bits per heavy atom. The first kappa shape index (κ1) is 10.9. The summed E-state index contributed by atoms with van der Waals surface area (Å²) in [5.74, 6) is 0.